The van der Waals surface area contributed by atoms with Gasteiger partial charge in [-0.25, -0.2) is 4.99 Å². The van der Waals surface area contributed by atoms with Crippen molar-refractivity contribution < 1.29 is 4.74 Å². The van der Waals surface area contributed by atoms with E-state index in [2.05, 4.69) is 29.3 Å². The molecular weight excluding hydrogens is 200 g/mol. The van der Waals surface area contributed by atoms with Crippen LogP contribution in [0.3, 0.4) is 0 Å². The lowest BCUT2D eigenvalue weighted by Crippen LogP contribution is -2.26. The molecule has 0 radical (unpaired) electrons. The van der Waals surface area contributed by atoms with Crippen LogP contribution in [0.4, 0.5) is 0 Å². The average molecular weight is 216 g/mol. The molecule has 3 nitrogen and oxygen atoms in total. The van der Waals surface area contributed by atoms with Gasteiger partial charge in [-0.05, 0) is 36.3 Å². The number of hydrogen-bond donors (Lipinski definition) is 1. The molecule has 0 amide bonds. The third kappa shape index (κ3) is 1.66. The first-order valence-electron chi connectivity index (χ1n) is 5.86. The van der Waals surface area contributed by atoms with E-state index < -0.39 is 0 Å². The zero-order valence-corrected chi connectivity index (χ0v) is 9.23. The topological polar surface area (TPSA) is 47.6 Å². The lowest BCUT2D eigenvalue weighted by Gasteiger charge is -2.26. The summed E-state index contributed by atoms with van der Waals surface area (Å²) in [5.41, 5.74) is 8.52. The van der Waals surface area contributed by atoms with Gasteiger partial charge in [-0.1, -0.05) is 24.3 Å². The van der Waals surface area contributed by atoms with Gasteiger partial charge < -0.3 is 10.5 Å². The van der Waals surface area contributed by atoms with Gasteiger partial charge in [0.2, 0.25) is 0 Å². The highest BCUT2D eigenvalue weighted by atomic mass is 16.5. The van der Waals surface area contributed by atoms with Crippen molar-refractivity contribution in [2.75, 3.05) is 6.61 Å². The lowest BCUT2D eigenvalue weighted by atomic mass is 9.80. The monoisotopic (exact) mass is 216 g/mol. The molecule has 0 bridgehead atoms. The zero-order valence-electron chi connectivity index (χ0n) is 9.23. The maximum atomic E-state index is 5.55. The molecule has 3 heteroatoms. The summed E-state index contributed by atoms with van der Waals surface area (Å²) in [5, 5.41) is 0. The smallest absolute Gasteiger partial charge is 0.282 e. The molecule has 1 aliphatic heterocycles. The van der Waals surface area contributed by atoms with Crippen molar-refractivity contribution in [1.82, 2.24) is 0 Å². The number of ether oxygens (including phenoxy) is 1. The first kappa shape index (κ1) is 9.70. The fraction of sp³-hybridized carbons (Fsp3) is 0.462. The Morgan fingerprint density at radius 3 is 2.81 bits per heavy atom. The second-order valence-electron chi connectivity index (χ2n) is 4.62. The molecule has 0 aromatic heterocycles. The van der Waals surface area contributed by atoms with Gasteiger partial charge in [0, 0.05) is 0 Å². The number of aliphatic imine (C=N–C) groups is 1. The predicted octanol–water partition coefficient (Wildman–Crippen LogP) is 1.50. The summed E-state index contributed by atoms with van der Waals surface area (Å²) < 4.78 is 5.23. The first-order valence-corrected chi connectivity index (χ1v) is 5.86. The SMILES string of the molecule is NC1=N[C@H](C2CCc3ccccc3C2)CO1. The van der Waals surface area contributed by atoms with Gasteiger partial charge in [0.05, 0.1) is 6.04 Å². The molecule has 16 heavy (non-hydrogen) atoms. The minimum Gasteiger partial charge on any atom is -0.463 e. The summed E-state index contributed by atoms with van der Waals surface area (Å²) >= 11 is 0. The highest BCUT2D eigenvalue weighted by Crippen LogP contribution is 2.29. The quantitative estimate of drug-likeness (QED) is 0.773. The molecule has 0 saturated heterocycles. The van der Waals surface area contributed by atoms with Crippen molar-refractivity contribution in [2.24, 2.45) is 16.6 Å². The van der Waals surface area contributed by atoms with Crippen molar-refractivity contribution in [3.05, 3.63) is 35.4 Å². The molecule has 1 aromatic rings. The fourth-order valence-electron chi connectivity index (χ4n) is 2.70. The van der Waals surface area contributed by atoms with E-state index in [-0.39, 0.29) is 6.04 Å². The van der Waals surface area contributed by atoms with E-state index in [0.29, 0.717) is 18.5 Å². The number of benzene rings is 1. The fourth-order valence-corrected chi connectivity index (χ4v) is 2.70. The molecule has 1 unspecified atom stereocenters. The summed E-state index contributed by atoms with van der Waals surface area (Å²) in [6, 6.07) is 9.33. The van der Waals surface area contributed by atoms with Crippen molar-refractivity contribution in [2.45, 2.75) is 25.3 Å². The second kappa shape index (κ2) is 3.81. The molecule has 0 saturated carbocycles. The summed E-state index contributed by atoms with van der Waals surface area (Å²) in [6.45, 7) is 0.665. The van der Waals surface area contributed by atoms with E-state index in [9.17, 15) is 0 Å². The van der Waals surface area contributed by atoms with Crippen molar-refractivity contribution in [3.63, 3.8) is 0 Å². The Labute approximate surface area is 95.3 Å². The summed E-state index contributed by atoms with van der Waals surface area (Å²) in [6.07, 6.45) is 3.47. The molecule has 2 atom stereocenters. The standard InChI is InChI=1S/C13H16N2O/c14-13-15-12(8-16-13)11-6-5-9-3-1-2-4-10(9)7-11/h1-4,11-12H,5-8H2,(H2,14,15)/t11?,12-/m0/s1. The zero-order chi connectivity index (χ0) is 11.0. The van der Waals surface area contributed by atoms with E-state index in [1.54, 1.807) is 0 Å². The maximum absolute atomic E-state index is 5.55. The highest BCUT2D eigenvalue weighted by molar-refractivity contribution is 5.73. The van der Waals surface area contributed by atoms with Gasteiger partial charge in [-0.3, -0.25) is 0 Å². The number of rotatable bonds is 1. The Balaban J connectivity index is 1.78. The maximum Gasteiger partial charge on any atom is 0.282 e. The first-order chi connectivity index (χ1) is 7.83. The molecule has 1 heterocycles. The molecule has 0 fully saturated rings. The Hall–Kier alpha value is -1.51. The van der Waals surface area contributed by atoms with Crippen molar-refractivity contribution >= 4 is 6.02 Å². The average Bonchev–Trinajstić information content (AvgIpc) is 2.75. The van der Waals surface area contributed by atoms with Crippen LogP contribution in [0.25, 0.3) is 0 Å². The van der Waals surface area contributed by atoms with Gasteiger partial charge in [0.1, 0.15) is 6.61 Å². The van der Waals surface area contributed by atoms with Crippen LogP contribution < -0.4 is 5.73 Å². The van der Waals surface area contributed by atoms with Crippen LogP contribution in [0.15, 0.2) is 29.3 Å². The molecular formula is C13H16N2O. The van der Waals surface area contributed by atoms with Crippen LogP contribution in [0, 0.1) is 5.92 Å². The molecule has 2 N–H and O–H groups in total. The summed E-state index contributed by atoms with van der Waals surface area (Å²) in [4.78, 5) is 4.36. The van der Waals surface area contributed by atoms with Crippen molar-refractivity contribution in [3.8, 4) is 0 Å². The normalized spacial score (nSPS) is 28.1. The van der Waals surface area contributed by atoms with Gasteiger partial charge in [-0.2, -0.15) is 0 Å². The number of aryl methyl sites for hydroxylation is 1. The van der Waals surface area contributed by atoms with Gasteiger partial charge in [0.25, 0.3) is 6.02 Å². The predicted molar refractivity (Wildman–Crippen MR) is 63.3 cm³/mol. The van der Waals surface area contributed by atoms with Crippen LogP contribution in [-0.4, -0.2) is 18.7 Å². The van der Waals surface area contributed by atoms with Crippen LogP contribution >= 0.6 is 0 Å². The largest absolute Gasteiger partial charge is 0.463 e. The molecule has 0 spiro atoms. The van der Waals surface area contributed by atoms with Crippen molar-refractivity contribution in [1.29, 1.82) is 0 Å². The third-order valence-corrected chi connectivity index (χ3v) is 3.62. The van der Waals surface area contributed by atoms with E-state index in [1.165, 1.54) is 17.5 Å². The number of hydrogen-bond acceptors (Lipinski definition) is 3. The van der Waals surface area contributed by atoms with Gasteiger partial charge in [0.15, 0.2) is 0 Å². The Kier molecular flexibility index (Phi) is 2.31. The number of nitrogens with zero attached hydrogens (tertiary/aromatic N) is 1. The highest BCUT2D eigenvalue weighted by Gasteiger charge is 2.29. The van der Waals surface area contributed by atoms with Crippen LogP contribution in [0.1, 0.15) is 17.5 Å². The number of nitrogens with two attached hydrogens (primary N) is 1. The van der Waals surface area contributed by atoms with E-state index in [1.807, 2.05) is 0 Å². The van der Waals surface area contributed by atoms with Gasteiger partial charge >= 0.3 is 0 Å². The molecule has 1 aromatic carbocycles. The van der Waals surface area contributed by atoms with E-state index in [4.69, 9.17) is 10.5 Å². The van der Waals surface area contributed by atoms with Crippen LogP contribution in [0.2, 0.25) is 0 Å². The van der Waals surface area contributed by atoms with Crippen LogP contribution in [-0.2, 0) is 17.6 Å². The van der Waals surface area contributed by atoms with Gasteiger partial charge in [-0.15, -0.1) is 0 Å². The minimum absolute atomic E-state index is 0.272. The molecule has 2 aliphatic rings. The Bertz CT molecular complexity index is 428. The van der Waals surface area contributed by atoms with E-state index >= 15 is 0 Å². The Morgan fingerprint density at radius 1 is 1.25 bits per heavy atom. The molecule has 3 rings (SSSR count). The number of amidine groups is 1. The minimum atomic E-state index is 0.272. The summed E-state index contributed by atoms with van der Waals surface area (Å²) in [7, 11) is 0. The summed E-state index contributed by atoms with van der Waals surface area (Å²) in [5.74, 6) is 0.593. The number of fused-ring (bicyclic) bond motifs is 1. The van der Waals surface area contributed by atoms with E-state index in [0.717, 1.165) is 12.8 Å². The lowest BCUT2D eigenvalue weighted by molar-refractivity contribution is 0.263. The van der Waals surface area contributed by atoms with Crippen LogP contribution in [0.5, 0.6) is 0 Å². The molecule has 84 valence electrons. The molecule has 1 aliphatic carbocycles. The Morgan fingerprint density at radius 2 is 2.06 bits per heavy atom. The second-order valence-corrected chi connectivity index (χ2v) is 4.62. The third-order valence-electron chi connectivity index (χ3n) is 3.62.